The molecule has 0 aromatic heterocycles. The van der Waals surface area contributed by atoms with Gasteiger partial charge in [0.25, 0.3) is 0 Å². The molecular weight excluding hydrogens is 193 g/mol. The van der Waals surface area contributed by atoms with Crippen LogP contribution in [0.2, 0.25) is 0 Å². The third kappa shape index (κ3) is 4.10. The summed E-state index contributed by atoms with van der Waals surface area (Å²) >= 11 is 0. The molecule has 0 spiro atoms. The van der Waals surface area contributed by atoms with Crippen LogP contribution in [0, 0.1) is 35.0 Å². The maximum atomic E-state index is 8.41. The third-order valence-electron chi connectivity index (χ3n) is 2.57. The standard InChI is InChI=1S/C11H16NOP/c1-9(13-14)4-2-5-10-8-11(10)6-3-7-12/h9-11H,3,5-6,8,14H2,1H3. The van der Waals surface area contributed by atoms with E-state index in [2.05, 4.69) is 27.4 Å². The zero-order chi connectivity index (χ0) is 10.4. The Kier molecular flexibility index (Phi) is 4.95. The minimum Gasteiger partial charge on any atom is -0.350 e. The first kappa shape index (κ1) is 11.5. The van der Waals surface area contributed by atoms with Crippen LogP contribution in [0.3, 0.4) is 0 Å². The Morgan fingerprint density at radius 1 is 1.57 bits per heavy atom. The highest BCUT2D eigenvalue weighted by Crippen LogP contribution is 2.44. The monoisotopic (exact) mass is 209 g/mol. The van der Waals surface area contributed by atoms with Gasteiger partial charge in [0.2, 0.25) is 0 Å². The number of nitrogens with zero attached hydrogens (tertiary/aromatic N) is 1. The molecule has 3 heteroatoms. The lowest BCUT2D eigenvalue weighted by molar-refractivity contribution is 0.329. The van der Waals surface area contributed by atoms with Crippen LogP contribution in [0.25, 0.3) is 0 Å². The molecule has 0 aromatic rings. The number of rotatable bonds is 4. The molecule has 4 unspecified atom stereocenters. The van der Waals surface area contributed by atoms with E-state index < -0.39 is 0 Å². The molecule has 0 N–H and O–H groups in total. The van der Waals surface area contributed by atoms with Crippen molar-refractivity contribution in [3.05, 3.63) is 0 Å². The summed E-state index contributed by atoms with van der Waals surface area (Å²) in [6.45, 7) is 1.93. The minimum absolute atomic E-state index is 0.0105. The first-order chi connectivity index (χ1) is 6.77. The maximum absolute atomic E-state index is 8.41. The zero-order valence-electron chi connectivity index (χ0n) is 8.49. The van der Waals surface area contributed by atoms with E-state index in [9.17, 15) is 0 Å². The second-order valence-electron chi connectivity index (χ2n) is 3.76. The lowest BCUT2D eigenvalue weighted by Crippen LogP contribution is -1.95. The summed E-state index contributed by atoms with van der Waals surface area (Å²) in [5.41, 5.74) is 0. The Morgan fingerprint density at radius 2 is 2.36 bits per heavy atom. The fraction of sp³-hybridized carbons (Fsp3) is 0.727. The summed E-state index contributed by atoms with van der Waals surface area (Å²) in [7, 11) is 2.22. The lowest BCUT2D eigenvalue weighted by atomic mass is 10.1. The molecule has 1 rings (SSSR count). The largest absolute Gasteiger partial charge is 0.350 e. The summed E-state index contributed by atoms with van der Waals surface area (Å²) in [6, 6.07) is 2.18. The normalized spacial score (nSPS) is 25.8. The van der Waals surface area contributed by atoms with Gasteiger partial charge in [-0.15, -0.1) is 5.92 Å². The summed E-state index contributed by atoms with van der Waals surface area (Å²) in [5.74, 6) is 7.66. The first-order valence-electron chi connectivity index (χ1n) is 4.98. The molecule has 2 nitrogen and oxygen atoms in total. The van der Waals surface area contributed by atoms with Gasteiger partial charge in [-0.1, -0.05) is 5.92 Å². The molecule has 1 saturated carbocycles. The van der Waals surface area contributed by atoms with Crippen LogP contribution in [0.15, 0.2) is 0 Å². The third-order valence-corrected chi connectivity index (χ3v) is 2.98. The first-order valence-corrected chi connectivity index (χ1v) is 5.46. The Hall–Kier alpha value is -0.560. The molecule has 0 heterocycles. The van der Waals surface area contributed by atoms with Crippen molar-refractivity contribution >= 4 is 9.47 Å². The average Bonchev–Trinajstić information content (AvgIpc) is 2.93. The van der Waals surface area contributed by atoms with Gasteiger partial charge in [-0.25, -0.2) is 0 Å². The van der Waals surface area contributed by atoms with Gasteiger partial charge in [-0.3, -0.25) is 0 Å². The minimum atomic E-state index is 0.0105. The van der Waals surface area contributed by atoms with Crippen molar-refractivity contribution in [3.63, 3.8) is 0 Å². The van der Waals surface area contributed by atoms with Crippen molar-refractivity contribution in [2.45, 2.75) is 38.7 Å². The quantitative estimate of drug-likeness (QED) is 0.526. The van der Waals surface area contributed by atoms with Gasteiger partial charge < -0.3 is 4.52 Å². The van der Waals surface area contributed by atoms with Crippen molar-refractivity contribution in [2.24, 2.45) is 11.8 Å². The molecule has 0 aliphatic heterocycles. The molecule has 0 radical (unpaired) electrons. The molecule has 0 bridgehead atoms. The average molecular weight is 209 g/mol. The van der Waals surface area contributed by atoms with Gasteiger partial charge in [-0.05, 0) is 31.6 Å². The van der Waals surface area contributed by atoms with Gasteiger partial charge in [-0.2, -0.15) is 5.26 Å². The summed E-state index contributed by atoms with van der Waals surface area (Å²) in [6.07, 6.45) is 3.98. The van der Waals surface area contributed by atoms with Crippen molar-refractivity contribution in [1.82, 2.24) is 0 Å². The van der Waals surface area contributed by atoms with E-state index in [1.54, 1.807) is 0 Å². The predicted octanol–water partition coefficient (Wildman–Crippen LogP) is 2.51. The molecular formula is C11H16NOP. The second kappa shape index (κ2) is 6.02. The van der Waals surface area contributed by atoms with Gasteiger partial charge in [0, 0.05) is 22.3 Å². The van der Waals surface area contributed by atoms with E-state index in [1.807, 2.05) is 6.92 Å². The number of nitriles is 1. The lowest BCUT2D eigenvalue weighted by Gasteiger charge is -1.96. The van der Waals surface area contributed by atoms with Gasteiger partial charge in [0.05, 0.1) is 6.07 Å². The van der Waals surface area contributed by atoms with E-state index in [-0.39, 0.29) is 6.10 Å². The second-order valence-corrected chi connectivity index (χ2v) is 4.03. The smallest absolute Gasteiger partial charge is 0.118 e. The van der Waals surface area contributed by atoms with Crippen LogP contribution in [0.5, 0.6) is 0 Å². The van der Waals surface area contributed by atoms with Crippen LogP contribution >= 0.6 is 9.47 Å². The van der Waals surface area contributed by atoms with E-state index in [0.29, 0.717) is 6.42 Å². The fourth-order valence-electron chi connectivity index (χ4n) is 1.53. The summed E-state index contributed by atoms with van der Waals surface area (Å²) in [4.78, 5) is 0. The SMILES string of the molecule is CC(C#CCC1CC1CCC#N)OP. The Balaban J connectivity index is 2.10. The van der Waals surface area contributed by atoms with Crippen molar-refractivity contribution in [3.8, 4) is 17.9 Å². The van der Waals surface area contributed by atoms with Crippen LogP contribution in [0.1, 0.15) is 32.6 Å². The van der Waals surface area contributed by atoms with Gasteiger partial charge in [0.1, 0.15) is 6.10 Å². The molecule has 0 amide bonds. The van der Waals surface area contributed by atoms with Crippen molar-refractivity contribution < 1.29 is 4.52 Å². The molecule has 4 atom stereocenters. The molecule has 0 saturated heterocycles. The Morgan fingerprint density at radius 3 is 3.00 bits per heavy atom. The summed E-state index contributed by atoms with van der Waals surface area (Å²) < 4.78 is 4.94. The zero-order valence-corrected chi connectivity index (χ0v) is 9.65. The van der Waals surface area contributed by atoms with Crippen LogP contribution in [-0.2, 0) is 4.52 Å². The fourth-order valence-corrected chi connectivity index (χ4v) is 1.60. The van der Waals surface area contributed by atoms with Crippen LogP contribution in [-0.4, -0.2) is 6.10 Å². The van der Waals surface area contributed by atoms with Crippen LogP contribution < -0.4 is 0 Å². The van der Waals surface area contributed by atoms with Gasteiger partial charge in [0.15, 0.2) is 0 Å². The highest BCUT2D eigenvalue weighted by molar-refractivity contribution is 7.09. The van der Waals surface area contributed by atoms with Gasteiger partial charge >= 0.3 is 0 Å². The summed E-state index contributed by atoms with van der Waals surface area (Å²) in [5, 5.41) is 8.41. The predicted molar refractivity (Wildman–Crippen MR) is 59.1 cm³/mol. The Bertz CT molecular complexity index is 273. The van der Waals surface area contributed by atoms with E-state index >= 15 is 0 Å². The number of hydrogen-bond donors (Lipinski definition) is 0. The molecule has 1 fully saturated rings. The highest BCUT2D eigenvalue weighted by Gasteiger charge is 2.35. The Labute approximate surface area is 88.3 Å². The van der Waals surface area contributed by atoms with E-state index in [4.69, 9.17) is 9.79 Å². The van der Waals surface area contributed by atoms with Crippen LogP contribution in [0.4, 0.5) is 0 Å². The molecule has 1 aliphatic carbocycles. The molecule has 76 valence electrons. The highest BCUT2D eigenvalue weighted by atomic mass is 31.0. The molecule has 0 aromatic carbocycles. The maximum Gasteiger partial charge on any atom is 0.118 e. The molecule has 1 aliphatic rings. The van der Waals surface area contributed by atoms with Crippen molar-refractivity contribution in [1.29, 1.82) is 5.26 Å². The topological polar surface area (TPSA) is 33.0 Å². The molecule has 14 heavy (non-hydrogen) atoms. The number of hydrogen-bond acceptors (Lipinski definition) is 2. The van der Waals surface area contributed by atoms with E-state index in [0.717, 1.165) is 24.7 Å². The van der Waals surface area contributed by atoms with E-state index in [1.165, 1.54) is 6.42 Å². The van der Waals surface area contributed by atoms with Crippen molar-refractivity contribution in [2.75, 3.05) is 0 Å².